The van der Waals surface area contributed by atoms with E-state index in [0.717, 1.165) is 18.0 Å². The van der Waals surface area contributed by atoms with Gasteiger partial charge in [0.15, 0.2) is 11.5 Å². The van der Waals surface area contributed by atoms with Crippen molar-refractivity contribution in [1.82, 2.24) is 5.32 Å². The Morgan fingerprint density at radius 1 is 1.44 bits per heavy atom. The molecule has 2 bridgehead atoms. The lowest BCUT2D eigenvalue weighted by molar-refractivity contribution is 0.0603. The van der Waals surface area contributed by atoms with Gasteiger partial charge in [-0.2, -0.15) is 0 Å². The van der Waals surface area contributed by atoms with Crippen molar-refractivity contribution in [2.24, 2.45) is 0 Å². The highest BCUT2D eigenvalue weighted by molar-refractivity contribution is 5.55. The molecule has 0 aromatic heterocycles. The van der Waals surface area contributed by atoms with E-state index in [2.05, 4.69) is 17.4 Å². The van der Waals surface area contributed by atoms with Crippen LogP contribution in [0.5, 0.6) is 11.5 Å². The third-order valence-corrected chi connectivity index (χ3v) is 4.99. The van der Waals surface area contributed by atoms with Gasteiger partial charge in [-0.3, -0.25) is 0 Å². The van der Waals surface area contributed by atoms with Gasteiger partial charge in [-0.05, 0) is 25.3 Å². The van der Waals surface area contributed by atoms with E-state index in [-0.39, 0.29) is 5.41 Å². The molecule has 2 aliphatic heterocycles. The van der Waals surface area contributed by atoms with Gasteiger partial charge in [0.25, 0.3) is 0 Å². The first-order valence-corrected chi connectivity index (χ1v) is 6.91. The third kappa shape index (κ3) is 1.23. The number of methoxy groups -OCH3 is 1. The minimum Gasteiger partial charge on any atom is -0.493 e. The summed E-state index contributed by atoms with van der Waals surface area (Å²) in [5.74, 6) is 1.88. The van der Waals surface area contributed by atoms with Crippen LogP contribution in [0.1, 0.15) is 31.2 Å². The lowest BCUT2D eigenvalue weighted by Gasteiger charge is -2.46. The van der Waals surface area contributed by atoms with Crippen LogP contribution in [0.4, 0.5) is 0 Å². The minimum absolute atomic E-state index is 0.248. The zero-order chi connectivity index (χ0) is 12.2. The molecule has 1 aliphatic carbocycles. The summed E-state index contributed by atoms with van der Waals surface area (Å²) in [5, 5.41) is 3.62. The Morgan fingerprint density at radius 3 is 3.28 bits per heavy atom. The van der Waals surface area contributed by atoms with E-state index < -0.39 is 0 Å². The van der Waals surface area contributed by atoms with E-state index in [1.54, 1.807) is 7.11 Å². The first-order chi connectivity index (χ1) is 8.83. The van der Waals surface area contributed by atoms with Gasteiger partial charge in [0.2, 0.25) is 0 Å². The monoisotopic (exact) mass is 245 g/mol. The minimum atomic E-state index is 0.248. The third-order valence-electron chi connectivity index (χ3n) is 4.99. The zero-order valence-corrected chi connectivity index (χ0v) is 10.7. The summed E-state index contributed by atoms with van der Waals surface area (Å²) in [6.45, 7) is 0.975. The number of ether oxygens (including phenoxy) is 2. The second kappa shape index (κ2) is 3.64. The van der Waals surface area contributed by atoms with Gasteiger partial charge in [-0.1, -0.05) is 18.6 Å². The molecule has 96 valence electrons. The van der Waals surface area contributed by atoms with Gasteiger partial charge in [0.05, 0.1) is 7.11 Å². The van der Waals surface area contributed by atoms with Crippen molar-refractivity contribution >= 4 is 0 Å². The predicted octanol–water partition coefficient (Wildman–Crippen LogP) is 2.24. The highest BCUT2D eigenvalue weighted by atomic mass is 16.5. The van der Waals surface area contributed by atoms with E-state index in [1.807, 2.05) is 6.07 Å². The maximum Gasteiger partial charge on any atom is 0.165 e. The van der Waals surface area contributed by atoms with E-state index in [1.165, 1.54) is 31.2 Å². The Hall–Kier alpha value is -1.22. The Labute approximate surface area is 107 Å². The van der Waals surface area contributed by atoms with Crippen LogP contribution >= 0.6 is 0 Å². The zero-order valence-electron chi connectivity index (χ0n) is 10.7. The lowest BCUT2D eigenvalue weighted by atomic mass is 9.63. The smallest absolute Gasteiger partial charge is 0.165 e. The molecule has 0 amide bonds. The first kappa shape index (κ1) is 10.7. The summed E-state index contributed by atoms with van der Waals surface area (Å²) in [7, 11) is 1.72. The largest absolute Gasteiger partial charge is 0.493 e. The van der Waals surface area contributed by atoms with Crippen molar-refractivity contribution in [1.29, 1.82) is 0 Å². The van der Waals surface area contributed by atoms with E-state index >= 15 is 0 Å². The lowest BCUT2D eigenvalue weighted by Crippen LogP contribution is -2.57. The SMILES string of the molecule is COc1cccc2c1O[C@@H]1CN[C@@H]3CCC[C@]21C3. The van der Waals surface area contributed by atoms with Crippen LogP contribution in [0.3, 0.4) is 0 Å². The van der Waals surface area contributed by atoms with Crippen molar-refractivity contribution in [2.75, 3.05) is 13.7 Å². The van der Waals surface area contributed by atoms with Gasteiger partial charge in [-0.25, -0.2) is 0 Å². The van der Waals surface area contributed by atoms with E-state index in [4.69, 9.17) is 9.47 Å². The van der Waals surface area contributed by atoms with Crippen LogP contribution in [-0.2, 0) is 5.41 Å². The fraction of sp³-hybridized carbons (Fsp3) is 0.600. The summed E-state index contributed by atoms with van der Waals surface area (Å²) in [5.41, 5.74) is 1.64. The van der Waals surface area contributed by atoms with Crippen molar-refractivity contribution in [2.45, 2.75) is 43.2 Å². The standard InChI is InChI=1S/C15H19NO2/c1-17-12-6-2-5-11-14(12)18-13-9-16-10-4-3-7-15(11,13)8-10/h2,5-6,10,13,16H,3-4,7-9H2,1H3/t10-,13-,15+/m1/s1. The van der Waals surface area contributed by atoms with Crippen LogP contribution in [0, 0.1) is 0 Å². The molecule has 3 heteroatoms. The summed E-state index contributed by atoms with van der Waals surface area (Å²) in [6, 6.07) is 7.02. The number of rotatable bonds is 1. The molecule has 4 rings (SSSR count). The number of benzene rings is 1. The number of fused-ring (bicyclic) bond motifs is 2. The first-order valence-electron chi connectivity index (χ1n) is 6.91. The second-order valence-corrected chi connectivity index (χ2v) is 5.80. The highest BCUT2D eigenvalue weighted by Gasteiger charge is 2.54. The van der Waals surface area contributed by atoms with Gasteiger partial charge in [0.1, 0.15) is 6.10 Å². The Kier molecular flexibility index (Phi) is 2.16. The Balaban J connectivity index is 1.86. The molecule has 18 heavy (non-hydrogen) atoms. The molecule has 2 heterocycles. The number of hydrogen-bond donors (Lipinski definition) is 1. The van der Waals surface area contributed by atoms with E-state index in [0.29, 0.717) is 12.1 Å². The van der Waals surface area contributed by atoms with Crippen molar-refractivity contribution in [3.63, 3.8) is 0 Å². The van der Waals surface area contributed by atoms with Gasteiger partial charge in [-0.15, -0.1) is 0 Å². The summed E-state index contributed by atoms with van der Waals surface area (Å²) < 4.78 is 11.7. The van der Waals surface area contributed by atoms with Crippen LogP contribution < -0.4 is 14.8 Å². The fourth-order valence-electron chi connectivity index (χ4n) is 4.15. The molecule has 3 aliphatic rings. The molecule has 1 saturated heterocycles. The summed E-state index contributed by atoms with van der Waals surface area (Å²) in [6.07, 6.45) is 5.39. The molecular weight excluding hydrogens is 226 g/mol. The molecule has 0 unspecified atom stereocenters. The van der Waals surface area contributed by atoms with E-state index in [9.17, 15) is 0 Å². The highest BCUT2D eigenvalue weighted by Crippen LogP contribution is 2.55. The predicted molar refractivity (Wildman–Crippen MR) is 69.3 cm³/mol. The summed E-state index contributed by atoms with van der Waals surface area (Å²) in [4.78, 5) is 0. The molecule has 2 fully saturated rings. The molecule has 0 radical (unpaired) electrons. The molecule has 1 aromatic carbocycles. The number of para-hydroxylation sites is 1. The molecule has 1 N–H and O–H groups in total. The fourth-order valence-corrected chi connectivity index (χ4v) is 4.15. The van der Waals surface area contributed by atoms with Crippen LogP contribution in [-0.4, -0.2) is 25.8 Å². The second-order valence-electron chi connectivity index (χ2n) is 5.80. The Morgan fingerprint density at radius 2 is 2.39 bits per heavy atom. The number of hydrogen-bond acceptors (Lipinski definition) is 3. The van der Waals surface area contributed by atoms with Gasteiger partial charge in [0, 0.05) is 23.6 Å². The number of piperidine rings is 1. The topological polar surface area (TPSA) is 30.5 Å². The molecule has 3 nitrogen and oxygen atoms in total. The molecule has 1 spiro atoms. The van der Waals surface area contributed by atoms with Gasteiger partial charge >= 0.3 is 0 Å². The summed E-state index contributed by atoms with van der Waals surface area (Å²) >= 11 is 0. The average Bonchev–Trinajstić information content (AvgIpc) is 2.71. The molecule has 1 aromatic rings. The number of nitrogens with one attached hydrogen (secondary N) is 1. The Bertz CT molecular complexity index is 487. The van der Waals surface area contributed by atoms with Gasteiger partial charge < -0.3 is 14.8 Å². The van der Waals surface area contributed by atoms with Crippen LogP contribution in [0.2, 0.25) is 0 Å². The van der Waals surface area contributed by atoms with Crippen LogP contribution in [0.25, 0.3) is 0 Å². The average molecular weight is 245 g/mol. The maximum atomic E-state index is 6.22. The van der Waals surface area contributed by atoms with Crippen LogP contribution in [0.15, 0.2) is 18.2 Å². The maximum absolute atomic E-state index is 6.22. The van der Waals surface area contributed by atoms with Crippen molar-refractivity contribution in [3.8, 4) is 11.5 Å². The van der Waals surface area contributed by atoms with Crippen molar-refractivity contribution in [3.05, 3.63) is 23.8 Å². The molecular formula is C15H19NO2. The van der Waals surface area contributed by atoms with Crippen molar-refractivity contribution < 1.29 is 9.47 Å². The molecule has 3 atom stereocenters. The molecule has 1 saturated carbocycles. The normalized spacial score (nSPS) is 36.5. The quantitative estimate of drug-likeness (QED) is 0.823.